The van der Waals surface area contributed by atoms with Crippen LogP contribution < -0.4 is 20.1 Å². The number of nitrogens with zero attached hydrogens (tertiary/aromatic N) is 7. The highest BCUT2D eigenvalue weighted by molar-refractivity contribution is 7.19. The first-order chi connectivity index (χ1) is 31.6. The zero-order valence-corrected chi connectivity index (χ0v) is 38.8. The van der Waals surface area contributed by atoms with Crippen LogP contribution in [0.5, 0.6) is 11.5 Å². The monoisotopic (exact) mass is 911 g/mol. The number of aliphatic imine (C=N–C) groups is 2. The van der Waals surface area contributed by atoms with Gasteiger partial charge in [0.15, 0.2) is 0 Å². The van der Waals surface area contributed by atoms with Crippen LogP contribution in [0.1, 0.15) is 103 Å². The summed E-state index contributed by atoms with van der Waals surface area (Å²) >= 11 is 3.29. The Morgan fingerprint density at radius 2 is 1.18 bits per heavy atom. The van der Waals surface area contributed by atoms with Gasteiger partial charge in [0.25, 0.3) is 0 Å². The first-order valence-electron chi connectivity index (χ1n) is 22.8. The van der Waals surface area contributed by atoms with Gasteiger partial charge >= 0.3 is 5.97 Å². The number of aryl methyl sites for hydroxylation is 2. The highest BCUT2D eigenvalue weighted by Gasteiger charge is 2.33. The molecule has 2 unspecified atom stereocenters. The van der Waals surface area contributed by atoms with Gasteiger partial charge in [-0.3, -0.25) is 19.6 Å². The average molecular weight is 912 g/mol. The number of aromatic nitrogens is 4. The molecule has 0 bridgehead atoms. The van der Waals surface area contributed by atoms with Crippen molar-refractivity contribution in [2.45, 2.75) is 111 Å². The zero-order chi connectivity index (χ0) is 44.8. The molecule has 14 nitrogen and oxygen atoms in total. The molecule has 2 atom stereocenters. The van der Waals surface area contributed by atoms with Gasteiger partial charge in [0, 0.05) is 41.2 Å². The van der Waals surface area contributed by atoms with Crippen molar-refractivity contribution >= 4 is 90.4 Å². The lowest BCUT2D eigenvalue weighted by Gasteiger charge is -2.32. The lowest BCUT2D eigenvalue weighted by atomic mass is 9.86. The van der Waals surface area contributed by atoms with Crippen molar-refractivity contribution in [3.63, 3.8) is 0 Å². The molecule has 2 aliphatic carbocycles. The fourth-order valence-electron chi connectivity index (χ4n) is 9.63. The summed E-state index contributed by atoms with van der Waals surface area (Å²) in [4.78, 5) is 58.0. The number of hydrogen-bond donors (Lipinski definition) is 3. The Balaban J connectivity index is 0.000000155. The number of amides is 1. The first kappa shape index (κ1) is 42.9. The summed E-state index contributed by atoms with van der Waals surface area (Å²) in [7, 11) is 0. The van der Waals surface area contributed by atoms with Crippen LogP contribution in [0.15, 0.2) is 46.9 Å². The molecule has 11 rings (SSSR count). The van der Waals surface area contributed by atoms with Gasteiger partial charge in [-0.2, -0.15) is 0 Å². The fraction of sp³-hybridized carbons (Fsp3) is 0.429. The Morgan fingerprint density at radius 1 is 0.692 bits per heavy atom. The molecule has 336 valence electrons. The van der Waals surface area contributed by atoms with E-state index in [9.17, 15) is 14.7 Å². The average Bonchev–Trinajstić information content (AvgIpc) is 4.11. The van der Waals surface area contributed by atoms with Crippen LogP contribution in [0.3, 0.4) is 0 Å². The summed E-state index contributed by atoms with van der Waals surface area (Å²) in [6, 6.07) is 8.28. The predicted molar refractivity (Wildman–Crippen MR) is 258 cm³/mol. The summed E-state index contributed by atoms with van der Waals surface area (Å²) < 4.78 is 12.2. The summed E-state index contributed by atoms with van der Waals surface area (Å²) in [5.41, 5.74) is 8.72. The van der Waals surface area contributed by atoms with E-state index < -0.39 is 5.97 Å². The van der Waals surface area contributed by atoms with Crippen LogP contribution in [0.4, 0.5) is 23.0 Å². The molecular weight excluding hydrogens is 859 g/mol. The van der Waals surface area contributed by atoms with Gasteiger partial charge in [-0.05, 0) is 143 Å². The highest BCUT2D eigenvalue weighted by Crippen LogP contribution is 2.44. The number of carboxylic acids is 1. The molecule has 1 saturated heterocycles. The minimum atomic E-state index is -0.724. The number of likely N-dealkylation sites (tertiary alicyclic amines) is 1. The minimum Gasteiger partial charge on any atom is -0.489 e. The van der Waals surface area contributed by atoms with E-state index in [0.29, 0.717) is 31.8 Å². The van der Waals surface area contributed by atoms with Gasteiger partial charge in [-0.1, -0.05) is 0 Å². The molecule has 1 fully saturated rings. The molecule has 65 heavy (non-hydrogen) atoms. The predicted octanol–water partition coefficient (Wildman–Crippen LogP) is 9.62. The third-order valence-corrected chi connectivity index (χ3v) is 15.1. The van der Waals surface area contributed by atoms with Crippen LogP contribution in [0.2, 0.25) is 0 Å². The Hall–Kier alpha value is -6.00. The van der Waals surface area contributed by atoms with E-state index in [1.807, 2.05) is 46.2 Å². The molecule has 0 radical (unpaired) electrons. The van der Waals surface area contributed by atoms with Gasteiger partial charge in [0.2, 0.25) is 5.91 Å². The number of rotatable bonds is 10. The SMILES string of the molecule is CC(C)Oc1cc2c(cc1Nc1ncnc3sc4c(c13)CCC(C(=O)N1CCCCC1)C4)C=NC2.CC(C)Oc1cc2c(cc1Nc1ncnc3sc4c(c13)CCC(C(=O)O)C4)C=NC2. The van der Waals surface area contributed by atoms with Crippen LogP contribution >= 0.6 is 22.7 Å². The van der Waals surface area contributed by atoms with Crippen LogP contribution in [0.25, 0.3) is 20.4 Å². The normalized spacial score (nSPS) is 18.3. The number of thiophene rings is 2. The van der Waals surface area contributed by atoms with Crippen LogP contribution in [0, 0.1) is 11.8 Å². The molecule has 5 aliphatic rings. The quantitative estimate of drug-likeness (QED) is 0.119. The number of carbonyl (C=O) groups excluding carboxylic acids is 1. The van der Waals surface area contributed by atoms with E-state index in [1.165, 1.54) is 28.0 Å². The highest BCUT2D eigenvalue weighted by atomic mass is 32.1. The zero-order valence-electron chi connectivity index (χ0n) is 37.1. The Labute approximate surface area is 385 Å². The minimum absolute atomic E-state index is 0.0400. The van der Waals surface area contributed by atoms with Gasteiger partial charge in [0.05, 0.1) is 53.4 Å². The van der Waals surface area contributed by atoms with Gasteiger partial charge < -0.3 is 30.1 Å². The molecular formula is C49H53N9O5S2. The molecule has 0 spiro atoms. The second-order valence-corrected chi connectivity index (χ2v) is 20.2. The molecule has 0 saturated carbocycles. The molecule has 1 amide bonds. The van der Waals surface area contributed by atoms with Crippen molar-refractivity contribution in [3.05, 3.63) is 80.1 Å². The second-order valence-electron chi connectivity index (χ2n) is 18.0. The third-order valence-electron chi connectivity index (χ3n) is 12.8. The maximum absolute atomic E-state index is 13.2. The molecule has 6 aromatic rings. The number of fused-ring (bicyclic) bond motifs is 8. The van der Waals surface area contributed by atoms with Crippen molar-refractivity contribution in [3.8, 4) is 11.5 Å². The fourth-order valence-corrected chi connectivity index (χ4v) is 12.2. The van der Waals surface area contributed by atoms with E-state index >= 15 is 0 Å². The Morgan fingerprint density at radius 3 is 1.68 bits per heavy atom. The second kappa shape index (κ2) is 18.1. The smallest absolute Gasteiger partial charge is 0.306 e. The number of carbonyl (C=O) groups is 2. The lowest BCUT2D eigenvalue weighted by molar-refractivity contribution is -0.142. The topological polar surface area (TPSA) is 176 Å². The number of hydrogen-bond acceptors (Lipinski definition) is 14. The summed E-state index contributed by atoms with van der Waals surface area (Å²) in [5, 5.41) is 18.5. The van der Waals surface area contributed by atoms with Crippen molar-refractivity contribution < 1.29 is 24.2 Å². The third kappa shape index (κ3) is 8.77. The maximum atomic E-state index is 13.2. The molecule has 2 aromatic carbocycles. The molecule has 16 heteroatoms. The van der Waals surface area contributed by atoms with Gasteiger partial charge in [0.1, 0.15) is 45.5 Å². The molecule has 3 aliphatic heterocycles. The molecule has 3 N–H and O–H groups in total. The first-order valence-corrected chi connectivity index (χ1v) is 24.4. The van der Waals surface area contributed by atoms with Crippen molar-refractivity contribution in [1.82, 2.24) is 24.8 Å². The number of carboxylic acid groups (broad SMARTS) is 1. The van der Waals surface area contributed by atoms with Crippen LogP contribution in [-0.2, 0) is 48.4 Å². The van der Waals surface area contributed by atoms with E-state index in [4.69, 9.17) is 9.47 Å². The molecule has 4 aromatic heterocycles. The number of piperidine rings is 1. The van der Waals surface area contributed by atoms with Crippen molar-refractivity contribution in [2.75, 3.05) is 23.7 Å². The van der Waals surface area contributed by atoms with E-state index in [1.54, 1.807) is 35.3 Å². The number of nitrogens with one attached hydrogen (secondary N) is 2. The number of anilines is 4. The van der Waals surface area contributed by atoms with Crippen molar-refractivity contribution in [2.24, 2.45) is 21.8 Å². The van der Waals surface area contributed by atoms with E-state index in [-0.39, 0.29) is 24.0 Å². The van der Waals surface area contributed by atoms with Gasteiger partial charge in [-0.25, -0.2) is 19.9 Å². The maximum Gasteiger partial charge on any atom is 0.306 e. The van der Waals surface area contributed by atoms with Crippen LogP contribution in [-0.4, -0.2) is 79.5 Å². The number of ether oxygens (including phenoxy) is 2. The number of benzene rings is 2. The Bertz CT molecular complexity index is 2880. The number of aliphatic carboxylic acids is 1. The van der Waals surface area contributed by atoms with E-state index in [0.717, 1.165) is 128 Å². The Kier molecular flexibility index (Phi) is 12.0. The summed E-state index contributed by atoms with van der Waals surface area (Å²) in [6.07, 6.45) is 15.1. The van der Waals surface area contributed by atoms with Gasteiger partial charge in [-0.15, -0.1) is 22.7 Å². The lowest BCUT2D eigenvalue weighted by Crippen LogP contribution is -2.41. The summed E-state index contributed by atoms with van der Waals surface area (Å²) in [6.45, 7) is 11.3. The van der Waals surface area contributed by atoms with Crippen molar-refractivity contribution in [1.29, 1.82) is 0 Å². The van der Waals surface area contributed by atoms with E-state index in [2.05, 4.69) is 63.7 Å². The largest absolute Gasteiger partial charge is 0.489 e. The molecule has 7 heterocycles. The standard InChI is InChI=1S/C27H31N5O2S.C22H22N4O3S/c1-16(2)34-22-11-19-14-28-13-18(19)10-21(22)31-25-24-20-7-6-17(27(33)32-8-4-3-5-9-32)12-23(20)35-26(24)30-15-29-25;1-11(2)29-17-6-14-9-23-8-13(14)5-16(17)26-20-19-15-4-3-12(22(27)28)7-18(15)30-21(19)25-10-24-20/h10-11,13,15-17H,3-9,12,14H2,1-2H3,(H,29,30,31);5-6,8,10-12H,3-4,7,9H2,1-2H3,(H,27,28)(H,24,25,26). The summed E-state index contributed by atoms with van der Waals surface area (Å²) in [5.74, 6) is 2.50.